The molecule has 29 heavy (non-hydrogen) atoms. The minimum absolute atomic E-state index is 0.239. The highest BCUT2D eigenvalue weighted by atomic mass is 16.1. The van der Waals surface area contributed by atoms with Crippen molar-refractivity contribution in [2.45, 2.75) is 13.5 Å². The molecule has 0 bridgehead atoms. The first-order chi connectivity index (χ1) is 14.2. The van der Waals surface area contributed by atoms with Crippen molar-refractivity contribution in [3.8, 4) is 0 Å². The van der Waals surface area contributed by atoms with E-state index in [0.29, 0.717) is 12.2 Å². The van der Waals surface area contributed by atoms with E-state index in [9.17, 15) is 4.79 Å². The van der Waals surface area contributed by atoms with Gasteiger partial charge in [0.1, 0.15) is 0 Å². The van der Waals surface area contributed by atoms with E-state index in [1.54, 1.807) is 18.5 Å². The number of rotatable bonds is 5. The number of nitrogens with one attached hydrogen (secondary N) is 1. The summed E-state index contributed by atoms with van der Waals surface area (Å²) in [6.45, 7) is 6.13. The minimum Gasteiger partial charge on any atom is -0.368 e. The van der Waals surface area contributed by atoms with Gasteiger partial charge in [0, 0.05) is 50.8 Å². The Morgan fingerprint density at radius 1 is 1.00 bits per heavy atom. The van der Waals surface area contributed by atoms with E-state index in [2.05, 4.69) is 61.5 Å². The zero-order valence-corrected chi connectivity index (χ0v) is 16.5. The van der Waals surface area contributed by atoms with Crippen molar-refractivity contribution in [3.63, 3.8) is 0 Å². The van der Waals surface area contributed by atoms with Crippen LogP contribution in [0.3, 0.4) is 0 Å². The first-order valence-electron chi connectivity index (χ1n) is 9.76. The van der Waals surface area contributed by atoms with Gasteiger partial charge in [0.05, 0.1) is 0 Å². The van der Waals surface area contributed by atoms with E-state index in [1.807, 2.05) is 18.2 Å². The van der Waals surface area contributed by atoms with Crippen LogP contribution in [-0.4, -0.2) is 47.3 Å². The summed E-state index contributed by atoms with van der Waals surface area (Å²) in [6.07, 6.45) is 3.43. The highest BCUT2D eigenvalue weighted by molar-refractivity contribution is 5.92. The van der Waals surface area contributed by atoms with E-state index in [-0.39, 0.29) is 5.91 Å². The van der Waals surface area contributed by atoms with Crippen LogP contribution in [0.1, 0.15) is 21.6 Å². The molecule has 0 atom stereocenters. The Morgan fingerprint density at radius 3 is 2.52 bits per heavy atom. The van der Waals surface area contributed by atoms with Crippen molar-refractivity contribution in [2.24, 2.45) is 0 Å². The van der Waals surface area contributed by atoms with Crippen molar-refractivity contribution < 1.29 is 4.79 Å². The van der Waals surface area contributed by atoms with Gasteiger partial charge in [-0.2, -0.15) is 0 Å². The van der Waals surface area contributed by atoms with Gasteiger partial charge >= 0.3 is 0 Å². The number of anilines is 2. The number of amides is 1. The maximum Gasteiger partial charge on any atom is 0.272 e. The predicted octanol–water partition coefficient (Wildman–Crippen LogP) is 2.44. The molecular weight excluding hydrogens is 364 g/mol. The largest absolute Gasteiger partial charge is 0.368 e. The monoisotopic (exact) mass is 388 g/mol. The molecule has 7 nitrogen and oxygen atoms in total. The molecule has 2 aromatic heterocycles. The van der Waals surface area contributed by atoms with Crippen molar-refractivity contribution in [1.82, 2.24) is 20.5 Å². The Hall–Kier alpha value is -3.48. The van der Waals surface area contributed by atoms with Gasteiger partial charge in [-0.25, -0.2) is 0 Å². The number of piperazine rings is 1. The summed E-state index contributed by atoms with van der Waals surface area (Å²) in [4.78, 5) is 20.9. The third kappa shape index (κ3) is 4.68. The van der Waals surface area contributed by atoms with Gasteiger partial charge < -0.3 is 15.1 Å². The summed E-state index contributed by atoms with van der Waals surface area (Å²) in [6, 6.07) is 15.9. The SMILES string of the molecule is Cc1cccc(N2CCN(c3ccc(C(=O)NCc4cccnc4)nn3)CC2)c1. The molecular formula is C22H24N6O. The van der Waals surface area contributed by atoms with Crippen molar-refractivity contribution >= 4 is 17.4 Å². The number of benzene rings is 1. The van der Waals surface area contributed by atoms with Gasteiger partial charge in [0.15, 0.2) is 11.5 Å². The molecule has 0 radical (unpaired) electrons. The van der Waals surface area contributed by atoms with Crippen LogP contribution in [0, 0.1) is 6.92 Å². The van der Waals surface area contributed by atoms with Crippen LogP contribution in [0.5, 0.6) is 0 Å². The minimum atomic E-state index is -0.239. The lowest BCUT2D eigenvalue weighted by molar-refractivity contribution is 0.0945. The smallest absolute Gasteiger partial charge is 0.272 e. The van der Waals surface area contributed by atoms with E-state index in [1.165, 1.54) is 11.3 Å². The van der Waals surface area contributed by atoms with Crippen LogP contribution in [0.4, 0.5) is 11.5 Å². The number of aryl methyl sites for hydroxylation is 1. The summed E-state index contributed by atoms with van der Waals surface area (Å²) >= 11 is 0. The second kappa shape index (κ2) is 8.68. The number of carbonyl (C=O) groups is 1. The van der Waals surface area contributed by atoms with Gasteiger partial charge in [-0.15, -0.1) is 10.2 Å². The molecule has 4 rings (SSSR count). The highest BCUT2D eigenvalue weighted by Crippen LogP contribution is 2.20. The second-order valence-corrected chi connectivity index (χ2v) is 7.13. The van der Waals surface area contributed by atoms with E-state index < -0.39 is 0 Å². The van der Waals surface area contributed by atoms with Crippen LogP contribution >= 0.6 is 0 Å². The zero-order valence-electron chi connectivity index (χ0n) is 16.5. The molecule has 1 aliphatic heterocycles. The van der Waals surface area contributed by atoms with Gasteiger partial charge in [-0.3, -0.25) is 9.78 Å². The molecule has 3 heterocycles. The standard InChI is InChI=1S/C22H24N6O/c1-17-4-2-6-19(14-17)27-10-12-28(13-11-27)21-8-7-20(25-26-21)22(29)24-16-18-5-3-9-23-15-18/h2-9,14-15H,10-13,16H2,1H3,(H,24,29). The Bertz CT molecular complexity index is 953. The van der Waals surface area contributed by atoms with Crippen molar-refractivity contribution in [3.05, 3.63) is 77.7 Å². The molecule has 3 aromatic rings. The normalized spacial score (nSPS) is 14.0. The zero-order chi connectivity index (χ0) is 20.1. The second-order valence-electron chi connectivity index (χ2n) is 7.13. The predicted molar refractivity (Wildman–Crippen MR) is 113 cm³/mol. The Labute approximate surface area is 170 Å². The first kappa shape index (κ1) is 18.9. The summed E-state index contributed by atoms with van der Waals surface area (Å²) in [5.74, 6) is 0.565. The number of carbonyl (C=O) groups excluding carboxylic acids is 1. The number of hydrogen-bond donors (Lipinski definition) is 1. The van der Waals surface area contributed by atoms with E-state index in [4.69, 9.17) is 0 Å². The molecule has 1 N–H and O–H groups in total. The average Bonchev–Trinajstić information content (AvgIpc) is 2.78. The molecule has 1 aromatic carbocycles. The summed E-state index contributed by atoms with van der Waals surface area (Å²) in [5, 5.41) is 11.2. The maximum absolute atomic E-state index is 12.3. The van der Waals surface area contributed by atoms with Crippen LogP contribution in [0.15, 0.2) is 60.9 Å². The quantitative estimate of drug-likeness (QED) is 0.724. The number of aromatic nitrogens is 3. The van der Waals surface area contributed by atoms with E-state index >= 15 is 0 Å². The molecule has 1 fully saturated rings. The number of nitrogens with zero attached hydrogens (tertiary/aromatic N) is 5. The van der Waals surface area contributed by atoms with Gasteiger partial charge in [-0.1, -0.05) is 18.2 Å². The van der Waals surface area contributed by atoms with Crippen LogP contribution < -0.4 is 15.1 Å². The van der Waals surface area contributed by atoms with Crippen molar-refractivity contribution in [1.29, 1.82) is 0 Å². The maximum atomic E-state index is 12.3. The summed E-state index contributed by atoms with van der Waals surface area (Å²) < 4.78 is 0. The number of hydrogen-bond acceptors (Lipinski definition) is 6. The fourth-order valence-corrected chi connectivity index (χ4v) is 3.41. The topological polar surface area (TPSA) is 74.2 Å². The van der Waals surface area contributed by atoms with Crippen LogP contribution in [0.2, 0.25) is 0 Å². The fraction of sp³-hybridized carbons (Fsp3) is 0.273. The molecule has 148 valence electrons. The van der Waals surface area contributed by atoms with Crippen LogP contribution in [0.25, 0.3) is 0 Å². The molecule has 0 saturated carbocycles. The van der Waals surface area contributed by atoms with Gasteiger partial charge in [-0.05, 0) is 48.4 Å². The third-order valence-corrected chi connectivity index (χ3v) is 5.03. The molecule has 0 unspecified atom stereocenters. The Kier molecular flexibility index (Phi) is 5.65. The van der Waals surface area contributed by atoms with Crippen molar-refractivity contribution in [2.75, 3.05) is 36.0 Å². The Morgan fingerprint density at radius 2 is 1.83 bits per heavy atom. The molecule has 1 saturated heterocycles. The molecule has 1 amide bonds. The molecule has 0 spiro atoms. The molecule has 1 aliphatic rings. The molecule has 0 aliphatic carbocycles. The highest BCUT2D eigenvalue weighted by Gasteiger charge is 2.19. The number of pyridine rings is 1. The fourth-order valence-electron chi connectivity index (χ4n) is 3.41. The Balaban J connectivity index is 1.32. The molecule has 7 heteroatoms. The van der Waals surface area contributed by atoms with Gasteiger partial charge in [0.2, 0.25) is 0 Å². The average molecular weight is 388 g/mol. The third-order valence-electron chi connectivity index (χ3n) is 5.03. The van der Waals surface area contributed by atoms with Gasteiger partial charge in [0.25, 0.3) is 5.91 Å². The van der Waals surface area contributed by atoms with E-state index in [0.717, 1.165) is 37.6 Å². The first-order valence-corrected chi connectivity index (χ1v) is 9.76. The van der Waals surface area contributed by atoms with Crippen LogP contribution in [-0.2, 0) is 6.54 Å². The lowest BCUT2D eigenvalue weighted by Gasteiger charge is -2.36. The lowest BCUT2D eigenvalue weighted by atomic mass is 10.2. The summed E-state index contributed by atoms with van der Waals surface area (Å²) in [5.41, 5.74) is 3.79. The summed E-state index contributed by atoms with van der Waals surface area (Å²) in [7, 11) is 0. The lowest BCUT2D eigenvalue weighted by Crippen LogP contribution is -2.47.